The van der Waals surface area contributed by atoms with Crippen LogP contribution in [-0.2, 0) is 9.57 Å². The Labute approximate surface area is 70.7 Å². The molecule has 2 atom stereocenters. The molecule has 0 N–H and O–H groups in total. The Bertz CT molecular complexity index is 226. The quantitative estimate of drug-likeness (QED) is 0.551. The summed E-state index contributed by atoms with van der Waals surface area (Å²) in [6.07, 6.45) is 4.53. The lowest BCUT2D eigenvalue weighted by Crippen LogP contribution is -2.35. The van der Waals surface area contributed by atoms with E-state index < -0.39 is 0 Å². The van der Waals surface area contributed by atoms with Gasteiger partial charge in [-0.15, -0.1) is 0 Å². The fraction of sp³-hybridized carbons (Fsp3) is 0.625. The van der Waals surface area contributed by atoms with E-state index in [9.17, 15) is 4.79 Å². The largest absolute Gasteiger partial charge is 0.448 e. The van der Waals surface area contributed by atoms with Crippen molar-refractivity contribution in [2.24, 2.45) is 0 Å². The highest BCUT2D eigenvalue weighted by Gasteiger charge is 2.39. The van der Waals surface area contributed by atoms with Crippen molar-refractivity contribution in [2.75, 3.05) is 6.61 Å². The second-order valence-corrected chi connectivity index (χ2v) is 2.86. The minimum absolute atomic E-state index is 0.0828. The first-order valence-electron chi connectivity index (χ1n) is 4.12. The SMILES string of the molecule is CCOC(=O)N1O[C@@H]2C=C[C@H]1C2. The molecule has 1 aliphatic carbocycles. The summed E-state index contributed by atoms with van der Waals surface area (Å²) in [4.78, 5) is 16.4. The van der Waals surface area contributed by atoms with Gasteiger partial charge in [0.05, 0.1) is 12.6 Å². The third-order valence-corrected chi connectivity index (χ3v) is 2.02. The third-order valence-electron chi connectivity index (χ3n) is 2.02. The number of hydroxylamine groups is 2. The van der Waals surface area contributed by atoms with Gasteiger partial charge in [-0.05, 0) is 6.92 Å². The molecule has 4 heteroatoms. The molecule has 0 spiro atoms. The highest BCUT2D eigenvalue weighted by molar-refractivity contribution is 5.67. The molecule has 4 nitrogen and oxygen atoms in total. The van der Waals surface area contributed by atoms with Gasteiger partial charge in [-0.2, -0.15) is 5.06 Å². The number of hydrogen-bond acceptors (Lipinski definition) is 3. The van der Waals surface area contributed by atoms with Gasteiger partial charge in [0.1, 0.15) is 6.10 Å². The minimum Gasteiger partial charge on any atom is -0.448 e. The number of amides is 1. The Morgan fingerprint density at radius 3 is 3.08 bits per heavy atom. The van der Waals surface area contributed by atoms with Gasteiger partial charge >= 0.3 is 6.09 Å². The van der Waals surface area contributed by atoms with Gasteiger partial charge < -0.3 is 4.74 Å². The zero-order chi connectivity index (χ0) is 8.55. The summed E-state index contributed by atoms with van der Waals surface area (Å²) in [7, 11) is 0. The Morgan fingerprint density at radius 1 is 1.75 bits per heavy atom. The van der Waals surface area contributed by atoms with E-state index in [1.165, 1.54) is 5.06 Å². The van der Waals surface area contributed by atoms with Gasteiger partial charge in [-0.1, -0.05) is 12.2 Å². The molecule has 0 aromatic heterocycles. The van der Waals surface area contributed by atoms with Crippen LogP contribution in [0.15, 0.2) is 12.2 Å². The van der Waals surface area contributed by atoms with Crippen molar-refractivity contribution in [3.8, 4) is 0 Å². The highest BCUT2D eigenvalue weighted by atomic mass is 16.7. The van der Waals surface area contributed by atoms with Crippen LogP contribution >= 0.6 is 0 Å². The maximum atomic E-state index is 11.2. The van der Waals surface area contributed by atoms with Crippen molar-refractivity contribution in [2.45, 2.75) is 25.5 Å². The smallest absolute Gasteiger partial charge is 0.434 e. The number of ether oxygens (including phenoxy) is 1. The minimum atomic E-state index is -0.380. The summed E-state index contributed by atoms with van der Waals surface area (Å²) in [6.45, 7) is 2.17. The predicted octanol–water partition coefficient (Wildman–Crippen LogP) is 1.09. The van der Waals surface area contributed by atoms with Crippen LogP contribution in [0.1, 0.15) is 13.3 Å². The van der Waals surface area contributed by atoms with E-state index in [1.54, 1.807) is 6.92 Å². The molecule has 0 aromatic rings. The van der Waals surface area contributed by atoms with Gasteiger partial charge in [0, 0.05) is 6.42 Å². The van der Waals surface area contributed by atoms with Crippen LogP contribution in [0, 0.1) is 0 Å². The molecule has 66 valence electrons. The molecular formula is C8H11NO3. The molecule has 0 aromatic carbocycles. The second kappa shape index (κ2) is 2.79. The Kier molecular flexibility index (Phi) is 1.77. The molecule has 1 aliphatic heterocycles. The van der Waals surface area contributed by atoms with Crippen LogP contribution in [0.3, 0.4) is 0 Å². The van der Waals surface area contributed by atoms with E-state index >= 15 is 0 Å². The Hall–Kier alpha value is -1.03. The summed E-state index contributed by atoms with van der Waals surface area (Å²) >= 11 is 0. The molecule has 2 rings (SSSR count). The van der Waals surface area contributed by atoms with E-state index in [2.05, 4.69) is 0 Å². The molecule has 1 fully saturated rings. The number of fused-ring (bicyclic) bond motifs is 2. The molecule has 0 radical (unpaired) electrons. The molecule has 1 saturated heterocycles. The summed E-state index contributed by atoms with van der Waals surface area (Å²) in [6, 6.07) is 0.0917. The number of rotatable bonds is 1. The lowest BCUT2D eigenvalue weighted by Gasteiger charge is -2.21. The molecular weight excluding hydrogens is 158 g/mol. The third kappa shape index (κ3) is 1.08. The average molecular weight is 169 g/mol. The molecule has 0 saturated carbocycles. The van der Waals surface area contributed by atoms with Gasteiger partial charge in [0.25, 0.3) is 0 Å². The van der Waals surface area contributed by atoms with Crippen molar-refractivity contribution in [3.63, 3.8) is 0 Å². The van der Waals surface area contributed by atoms with E-state index in [0.717, 1.165) is 6.42 Å². The van der Waals surface area contributed by atoms with Crippen LogP contribution < -0.4 is 0 Å². The number of nitrogens with zero attached hydrogens (tertiary/aromatic N) is 1. The van der Waals surface area contributed by atoms with E-state index in [4.69, 9.17) is 9.57 Å². The van der Waals surface area contributed by atoms with Crippen molar-refractivity contribution in [1.29, 1.82) is 0 Å². The molecule has 2 bridgehead atoms. The van der Waals surface area contributed by atoms with Crippen LogP contribution in [0.2, 0.25) is 0 Å². The van der Waals surface area contributed by atoms with Crippen molar-refractivity contribution < 1.29 is 14.4 Å². The Balaban J connectivity index is 1.98. The number of hydrogen-bond donors (Lipinski definition) is 0. The lowest BCUT2D eigenvalue weighted by molar-refractivity contribution is -0.127. The first kappa shape index (κ1) is 7.61. The van der Waals surface area contributed by atoms with E-state index in [0.29, 0.717) is 6.61 Å². The van der Waals surface area contributed by atoms with E-state index in [1.807, 2.05) is 12.2 Å². The first-order chi connectivity index (χ1) is 5.81. The standard InChI is InChI=1S/C8H11NO3/c1-2-11-8(10)9-6-3-4-7(5-6)12-9/h3-4,6-7H,2,5H2,1H3/t6-,7+/m0/s1. The number of carbonyl (C=O) groups is 1. The van der Waals surface area contributed by atoms with Crippen LogP contribution in [0.4, 0.5) is 4.79 Å². The molecule has 0 unspecified atom stereocenters. The summed E-state index contributed by atoms with van der Waals surface area (Å²) < 4.78 is 4.81. The van der Waals surface area contributed by atoms with Crippen molar-refractivity contribution in [1.82, 2.24) is 5.06 Å². The maximum Gasteiger partial charge on any atom is 0.434 e. The first-order valence-corrected chi connectivity index (χ1v) is 4.12. The zero-order valence-electron chi connectivity index (χ0n) is 6.90. The predicted molar refractivity (Wildman–Crippen MR) is 41.3 cm³/mol. The molecule has 1 amide bonds. The molecule has 12 heavy (non-hydrogen) atoms. The van der Waals surface area contributed by atoms with Crippen LogP contribution in [0.25, 0.3) is 0 Å². The lowest BCUT2D eigenvalue weighted by atomic mass is 10.3. The average Bonchev–Trinajstić information content (AvgIpc) is 2.64. The molecule has 1 heterocycles. The van der Waals surface area contributed by atoms with Crippen molar-refractivity contribution >= 4 is 6.09 Å². The summed E-state index contributed by atoms with van der Waals surface area (Å²) in [5, 5.41) is 1.31. The van der Waals surface area contributed by atoms with Gasteiger partial charge in [-0.25, -0.2) is 4.79 Å². The van der Waals surface area contributed by atoms with Crippen LogP contribution in [-0.4, -0.2) is 29.9 Å². The van der Waals surface area contributed by atoms with Gasteiger partial charge in [0.15, 0.2) is 0 Å². The van der Waals surface area contributed by atoms with Gasteiger partial charge in [-0.3, -0.25) is 4.84 Å². The summed E-state index contributed by atoms with van der Waals surface area (Å²) in [5.41, 5.74) is 0. The maximum absolute atomic E-state index is 11.2. The van der Waals surface area contributed by atoms with E-state index in [-0.39, 0.29) is 18.2 Å². The van der Waals surface area contributed by atoms with Crippen LogP contribution in [0.5, 0.6) is 0 Å². The monoisotopic (exact) mass is 169 g/mol. The topological polar surface area (TPSA) is 38.8 Å². The zero-order valence-corrected chi connectivity index (χ0v) is 6.90. The Morgan fingerprint density at radius 2 is 2.58 bits per heavy atom. The fourth-order valence-corrected chi connectivity index (χ4v) is 1.49. The summed E-state index contributed by atoms with van der Waals surface area (Å²) in [5.74, 6) is 0. The second-order valence-electron chi connectivity index (χ2n) is 2.86. The normalized spacial score (nSPS) is 31.2. The van der Waals surface area contributed by atoms with Crippen molar-refractivity contribution in [3.05, 3.63) is 12.2 Å². The van der Waals surface area contributed by atoms with Gasteiger partial charge in [0.2, 0.25) is 0 Å². The highest BCUT2D eigenvalue weighted by Crippen LogP contribution is 2.29. The number of carbonyl (C=O) groups excluding carboxylic acids is 1. The molecule has 2 aliphatic rings. The fourth-order valence-electron chi connectivity index (χ4n) is 1.49.